The van der Waals surface area contributed by atoms with Gasteiger partial charge in [0.25, 0.3) is 0 Å². The van der Waals surface area contributed by atoms with E-state index in [9.17, 15) is 14.7 Å². The van der Waals surface area contributed by atoms with Gasteiger partial charge in [0.1, 0.15) is 6.61 Å². The molecule has 0 spiro atoms. The van der Waals surface area contributed by atoms with Gasteiger partial charge in [0.05, 0.1) is 6.61 Å². The number of rotatable bonds is 44. The molecule has 0 fully saturated rings. The number of esters is 2. The lowest BCUT2D eigenvalue weighted by Gasteiger charge is -2.15. The average Bonchev–Trinajstić information content (AvgIpc) is 3.15. The van der Waals surface area contributed by atoms with Crippen molar-refractivity contribution in [1.29, 1.82) is 0 Å². The topological polar surface area (TPSA) is 72.8 Å². The monoisotopic (exact) mass is 751 g/mol. The van der Waals surface area contributed by atoms with Gasteiger partial charge < -0.3 is 14.6 Å². The number of aliphatic hydroxyl groups is 1. The number of unbranched alkanes of at least 4 members (excludes halogenated alkanes) is 34. The fourth-order valence-electron chi connectivity index (χ4n) is 7.45. The SMILES string of the molecule is CCCCCCCCCCCCCCCCCCCCC(=O)O[C@@H](CO)COC(=O)CCCCCCCCCCCCCCCCCCCCC(C)C. The summed E-state index contributed by atoms with van der Waals surface area (Å²) in [5, 5.41) is 9.60. The van der Waals surface area contributed by atoms with Gasteiger partial charge in [-0.05, 0) is 18.8 Å². The van der Waals surface area contributed by atoms with Crippen LogP contribution in [0.25, 0.3) is 0 Å². The van der Waals surface area contributed by atoms with Crippen LogP contribution in [0.3, 0.4) is 0 Å². The minimum Gasteiger partial charge on any atom is -0.462 e. The molecule has 0 aliphatic carbocycles. The van der Waals surface area contributed by atoms with Crippen molar-refractivity contribution in [2.45, 2.75) is 277 Å². The van der Waals surface area contributed by atoms with Crippen LogP contribution >= 0.6 is 0 Å². The van der Waals surface area contributed by atoms with Crippen LogP contribution in [-0.2, 0) is 19.1 Å². The summed E-state index contributed by atoms with van der Waals surface area (Å²) in [5.41, 5.74) is 0. The highest BCUT2D eigenvalue weighted by Crippen LogP contribution is 2.17. The maximum Gasteiger partial charge on any atom is 0.306 e. The van der Waals surface area contributed by atoms with E-state index in [1.54, 1.807) is 0 Å². The molecule has 1 N–H and O–H groups in total. The number of hydrogen-bond acceptors (Lipinski definition) is 5. The number of ether oxygens (including phenoxy) is 2. The Hall–Kier alpha value is -1.10. The van der Waals surface area contributed by atoms with E-state index in [1.807, 2.05) is 0 Å². The van der Waals surface area contributed by atoms with Gasteiger partial charge in [-0.3, -0.25) is 9.59 Å². The van der Waals surface area contributed by atoms with Crippen molar-refractivity contribution in [2.24, 2.45) is 5.92 Å². The molecule has 0 bridgehead atoms. The Morgan fingerprint density at radius 2 is 0.698 bits per heavy atom. The predicted octanol–water partition coefficient (Wildman–Crippen LogP) is 15.3. The highest BCUT2D eigenvalue weighted by atomic mass is 16.6. The van der Waals surface area contributed by atoms with Crippen molar-refractivity contribution in [3.63, 3.8) is 0 Å². The van der Waals surface area contributed by atoms with Crippen molar-refractivity contribution in [3.8, 4) is 0 Å². The minimum absolute atomic E-state index is 0.0567. The summed E-state index contributed by atoms with van der Waals surface area (Å²) in [6.07, 6.45) is 49.0. The number of carbonyl (C=O) groups excluding carboxylic acids is 2. The Bertz CT molecular complexity index is 737. The van der Waals surface area contributed by atoms with E-state index in [0.29, 0.717) is 12.8 Å². The molecule has 1 atom stereocenters. The van der Waals surface area contributed by atoms with Crippen LogP contribution in [0.4, 0.5) is 0 Å². The van der Waals surface area contributed by atoms with Crippen LogP contribution in [-0.4, -0.2) is 36.4 Å². The summed E-state index contributed by atoms with van der Waals surface area (Å²) in [5.74, 6) is 0.295. The fourth-order valence-corrected chi connectivity index (χ4v) is 7.45. The second-order valence-corrected chi connectivity index (χ2v) is 17.0. The quantitative estimate of drug-likeness (QED) is 0.0496. The summed E-state index contributed by atoms with van der Waals surface area (Å²) < 4.78 is 10.7. The Morgan fingerprint density at radius 3 is 1.00 bits per heavy atom. The van der Waals surface area contributed by atoms with E-state index < -0.39 is 6.10 Å². The lowest BCUT2D eigenvalue weighted by atomic mass is 10.0. The maximum absolute atomic E-state index is 12.2. The fraction of sp³-hybridized carbons (Fsp3) is 0.958. The molecule has 0 radical (unpaired) electrons. The lowest BCUT2D eigenvalue weighted by Crippen LogP contribution is -2.28. The van der Waals surface area contributed by atoms with Crippen molar-refractivity contribution < 1.29 is 24.2 Å². The van der Waals surface area contributed by atoms with E-state index >= 15 is 0 Å². The van der Waals surface area contributed by atoms with Gasteiger partial charge in [0.15, 0.2) is 6.10 Å². The van der Waals surface area contributed by atoms with Crippen molar-refractivity contribution in [1.82, 2.24) is 0 Å². The van der Waals surface area contributed by atoms with E-state index in [4.69, 9.17) is 9.47 Å². The first-order chi connectivity index (χ1) is 26.0. The first kappa shape index (κ1) is 51.9. The minimum atomic E-state index is -0.763. The van der Waals surface area contributed by atoms with Gasteiger partial charge in [0, 0.05) is 12.8 Å². The van der Waals surface area contributed by atoms with Crippen LogP contribution in [0.5, 0.6) is 0 Å². The van der Waals surface area contributed by atoms with Crippen LogP contribution in [0.2, 0.25) is 0 Å². The molecule has 0 amide bonds. The summed E-state index contributed by atoms with van der Waals surface area (Å²) in [6.45, 7) is 6.56. The molecular weight excluding hydrogens is 657 g/mol. The van der Waals surface area contributed by atoms with Gasteiger partial charge in [0.2, 0.25) is 0 Å². The molecule has 5 heteroatoms. The molecule has 0 aliphatic rings. The Kier molecular flexibility index (Phi) is 42.7. The van der Waals surface area contributed by atoms with Crippen LogP contribution in [0.15, 0.2) is 0 Å². The van der Waals surface area contributed by atoms with Crippen LogP contribution in [0.1, 0.15) is 271 Å². The number of carbonyl (C=O) groups is 2. The molecule has 0 rings (SSSR count). The van der Waals surface area contributed by atoms with Crippen molar-refractivity contribution in [3.05, 3.63) is 0 Å². The zero-order chi connectivity index (χ0) is 38.7. The normalized spacial score (nSPS) is 12.1. The first-order valence-electron chi connectivity index (χ1n) is 24.0. The van der Waals surface area contributed by atoms with E-state index in [1.165, 1.54) is 205 Å². The largest absolute Gasteiger partial charge is 0.462 e. The summed E-state index contributed by atoms with van der Waals surface area (Å²) in [7, 11) is 0. The highest BCUT2D eigenvalue weighted by molar-refractivity contribution is 5.70. The molecule has 0 aromatic heterocycles. The summed E-state index contributed by atoms with van der Waals surface area (Å²) >= 11 is 0. The standard InChI is InChI=1S/C48H94O5/c1-4-5-6-7-8-9-10-11-12-13-17-21-24-27-30-33-36-39-42-48(51)53-46(43-49)44-52-47(50)41-38-35-32-29-26-23-20-18-15-14-16-19-22-25-28-31-34-37-40-45(2)3/h45-46,49H,4-44H2,1-3H3/t46-/m0/s1. The Labute approximate surface area is 331 Å². The van der Waals surface area contributed by atoms with Crippen LogP contribution in [0, 0.1) is 5.92 Å². The zero-order valence-corrected chi connectivity index (χ0v) is 36.2. The first-order valence-corrected chi connectivity index (χ1v) is 24.0. The Balaban J connectivity index is 3.44. The summed E-state index contributed by atoms with van der Waals surface area (Å²) in [6, 6.07) is 0. The third-order valence-electron chi connectivity index (χ3n) is 11.1. The van der Waals surface area contributed by atoms with Gasteiger partial charge in [-0.25, -0.2) is 0 Å². The second kappa shape index (κ2) is 43.6. The smallest absolute Gasteiger partial charge is 0.306 e. The molecule has 0 aliphatic heterocycles. The molecule has 0 aromatic carbocycles. The maximum atomic E-state index is 12.2. The van der Waals surface area contributed by atoms with Gasteiger partial charge in [-0.2, -0.15) is 0 Å². The van der Waals surface area contributed by atoms with Crippen LogP contribution < -0.4 is 0 Å². The second-order valence-electron chi connectivity index (χ2n) is 17.0. The summed E-state index contributed by atoms with van der Waals surface area (Å²) in [4.78, 5) is 24.4. The molecule has 0 aromatic rings. The highest BCUT2D eigenvalue weighted by Gasteiger charge is 2.16. The van der Waals surface area contributed by atoms with E-state index in [2.05, 4.69) is 20.8 Å². The molecular formula is C48H94O5. The predicted molar refractivity (Wildman–Crippen MR) is 228 cm³/mol. The third kappa shape index (κ3) is 43.5. The molecule has 53 heavy (non-hydrogen) atoms. The zero-order valence-electron chi connectivity index (χ0n) is 36.2. The molecule has 5 nitrogen and oxygen atoms in total. The molecule has 0 saturated heterocycles. The lowest BCUT2D eigenvalue weighted by molar-refractivity contribution is -0.161. The van der Waals surface area contributed by atoms with Crippen molar-refractivity contribution in [2.75, 3.05) is 13.2 Å². The average molecular weight is 751 g/mol. The number of hydrogen-bond donors (Lipinski definition) is 1. The van der Waals surface area contributed by atoms with Gasteiger partial charge in [-0.15, -0.1) is 0 Å². The van der Waals surface area contributed by atoms with Gasteiger partial charge in [-0.1, -0.05) is 245 Å². The molecule has 0 saturated carbocycles. The molecule has 316 valence electrons. The Morgan fingerprint density at radius 1 is 0.415 bits per heavy atom. The van der Waals surface area contributed by atoms with Crippen molar-refractivity contribution >= 4 is 11.9 Å². The van der Waals surface area contributed by atoms with E-state index in [-0.39, 0.29) is 25.2 Å². The molecule has 0 heterocycles. The third-order valence-corrected chi connectivity index (χ3v) is 11.1. The molecule has 0 unspecified atom stereocenters. The van der Waals surface area contributed by atoms with E-state index in [0.717, 1.165) is 38.0 Å². The van der Waals surface area contributed by atoms with Gasteiger partial charge >= 0.3 is 11.9 Å². The number of aliphatic hydroxyl groups excluding tert-OH is 1.